The summed E-state index contributed by atoms with van der Waals surface area (Å²) in [6.45, 7) is 9.83. The van der Waals surface area contributed by atoms with Gasteiger partial charge in [0.1, 0.15) is 6.04 Å². The molecule has 5 atom stereocenters. The monoisotopic (exact) mass is 487 g/mol. The normalized spacial score (nSPS) is 21.5. The van der Waals surface area contributed by atoms with Gasteiger partial charge in [-0.1, -0.05) is 19.1 Å². The number of ether oxygens (including phenoxy) is 4. The zero-order valence-corrected chi connectivity index (χ0v) is 21.6. The molecule has 9 nitrogen and oxygen atoms in total. The molecule has 0 radical (unpaired) electrons. The second-order valence-corrected chi connectivity index (χ2v) is 9.10. The van der Waals surface area contributed by atoms with Gasteiger partial charge in [0.2, 0.25) is 0 Å². The average Bonchev–Trinajstić information content (AvgIpc) is 2.76. The zero-order chi connectivity index (χ0) is 25.0. The minimum atomic E-state index is -0.797. The molecular formula is C23H41N3O6S. The van der Waals surface area contributed by atoms with Gasteiger partial charge in [0.25, 0.3) is 0 Å². The van der Waals surface area contributed by atoms with Crippen molar-refractivity contribution in [2.24, 2.45) is 5.73 Å². The fraction of sp³-hybridized carbons (Fsp3) is 0.739. The smallest absolute Gasteiger partial charge is 0.325 e. The van der Waals surface area contributed by atoms with Crippen molar-refractivity contribution in [1.82, 2.24) is 10.2 Å². The maximum atomic E-state index is 12.6. The fourth-order valence-electron chi connectivity index (χ4n) is 3.69. The van der Waals surface area contributed by atoms with Crippen LogP contribution in [-0.2, 0) is 28.5 Å². The summed E-state index contributed by atoms with van der Waals surface area (Å²) in [5.41, 5.74) is 7.80. The van der Waals surface area contributed by atoms with Gasteiger partial charge >= 0.3 is 11.9 Å². The average molecular weight is 488 g/mol. The van der Waals surface area contributed by atoms with E-state index in [-0.39, 0.29) is 31.5 Å². The predicted molar refractivity (Wildman–Crippen MR) is 131 cm³/mol. The van der Waals surface area contributed by atoms with Crippen LogP contribution in [0.5, 0.6) is 0 Å². The van der Waals surface area contributed by atoms with Crippen molar-refractivity contribution in [2.75, 3.05) is 39.6 Å². The van der Waals surface area contributed by atoms with Gasteiger partial charge in [-0.2, -0.15) is 11.8 Å². The van der Waals surface area contributed by atoms with Crippen LogP contribution in [0, 0.1) is 0 Å². The molecule has 3 N–H and O–H groups in total. The number of esters is 2. The molecular weight excluding hydrogens is 446 g/mol. The van der Waals surface area contributed by atoms with Crippen LogP contribution in [0.3, 0.4) is 0 Å². The van der Waals surface area contributed by atoms with Gasteiger partial charge in [-0.05, 0) is 33.1 Å². The first kappa shape index (κ1) is 29.4. The largest absolute Gasteiger partial charge is 0.475 e. The lowest BCUT2D eigenvalue weighted by Gasteiger charge is -2.50. The molecule has 1 aliphatic rings. The predicted octanol–water partition coefficient (Wildman–Crippen LogP) is 2.02. The number of likely N-dealkylation sites (tertiary alicyclic amines) is 1. The molecule has 10 heteroatoms. The first-order valence-electron chi connectivity index (χ1n) is 11.2. The highest BCUT2D eigenvalue weighted by molar-refractivity contribution is 7.98. The number of methoxy groups -OCH3 is 1. The van der Waals surface area contributed by atoms with Crippen LogP contribution in [-0.4, -0.2) is 86.8 Å². The minimum absolute atomic E-state index is 0.00923. The minimum Gasteiger partial charge on any atom is -0.475 e. The maximum absolute atomic E-state index is 12.6. The number of nitrogens with one attached hydrogen (secondary N) is 1. The molecule has 190 valence electrons. The molecule has 0 spiro atoms. The Kier molecular flexibility index (Phi) is 13.7. The Balaban J connectivity index is 3.00. The topological polar surface area (TPSA) is 112 Å². The first-order valence-corrected chi connectivity index (χ1v) is 12.6. The lowest BCUT2D eigenvalue weighted by atomic mass is 9.84. The summed E-state index contributed by atoms with van der Waals surface area (Å²) in [6, 6.07) is -0.166. The van der Waals surface area contributed by atoms with E-state index in [1.54, 1.807) is 0 Å². The summed E-state index contributed by atoms with van der Waals surface area (Å²) in [6.07, 6.45) is 4.79. The van der Waals surface area contributed by atoms with Crippen LogP contribution in [0.4, 0.5) is 0 Å². The van der Waals surface area contributed by atoms with Crippen molar-refractivity contribution in [1.29, 1.82) is 0 Å². The molecule has 1 aliphatic heterocycles. The summed E-state index contributed by atoms with van der Waals surface area (Å²) in [7, 11) is 3.59. The Labute approximate surface area is 202 Å². The summed E-state index contributed by atoms with van der Waals surface area (Å²) in [5.74, 6) is -0.458. The number of nitrogens with zero attached hydrogens (tertiary/aromatic N) is 1. The Morgan fingerprint density at radius 2 is 2.09 bits per heavy atom. The molecule has 1 rings (SSSR count). The van der Waals surface area contributed by atoms with Gasteiger partial charge in [-0.25, -0.2) is 0 Å². The van der Waals surface area contributed by atoms with Gasteiger partial charge < -0.3 is 24.7 Å². The van der Waals surface area contributed by atoms with Crippen molar-refractivity contribution in [3.8, 4) is 0 Å². The number of hydrogen-bond acceptors (Lipinski definition) is 10. The van der Waals surface area contributed by atoms with Crippen molar-refractivity contribution in [2.45, 2.75) is 70.4 Å². The molecule has 0 amide bonds. The van der Waals surface area contributed by atoms with Crippen molar-refractivity contribution in [3.63, 3.8) is 0 Å². The van der Waals surface area contributed by atoms with Crippen LogP contribution < -0.4 is 11.1 Å². The molecule has 33 heavy (non-hydrogen) atoms. The van der Waals surface area contributed by atoms with E-state index in [0.29, 0.717) is 23.8 Å². The second kappa shape index (κ2) is 15.3. The number of nitrogens with two attached hydrogens (primary N) is 1. The first-order chi connectivity index (χ1) is 15.7. The number of hydrogen-bond donors (Lipinski definition) is 2. The van der Waals surface area contributed by atoms with E-state index in [9.17, 15) is 9.59 Å². The van der Waals surface area contributed by atoms with Crippen molar-refractivity contribution >= 4 is 23.7 Å². The second-order valence-electron chi connectivity index (χ2n) is 8.19. The van der Waals surface area contributed by atoms with Crippen LogP contribution >= 0.6 is 11.8 Å². The standard InChI is InChI=1S/C23H41N3O6S/c1-8-15(2)20-11-21(26(20)5)16(3)25-22(32-23(28)19(24)13-33-7)18(12-30-14-29-6)9-10-31-17(4)27/h12,16,19-22,25H,2,8-11,13-14,24H2,1,3-7H3/b18-12-/t16-,19-,20?,21-,22?/m0/s1. The third-order valence-electron chi connectivity index (χ3n) is 5.73. The van der Waals surface area contributed by atoms with Crippen LogP contribution in [0.25, 0.3) is 0 Å². The number of likely N-dealkylation sites (N-methyl/N-ethyl adjacent to an activating group) is 1. The third-order valence-corrected chi connectivity index (χ3v) is 6.43. The zero-order valence-electron chi connectivity index (χ0n) is 20.8. The molecule has 2 unspecified atom stereocenters. The number of carbonyl (C=O) groups is 2. The molecule has 0 saturated carbocycles. The van der Waals surface area contributed by atoms with E-state index in [2.05, 4.69) is 37.7 Å². The lowest BCUT2D eigenvalue weighted by Crippen LogP contribution is -2.63. The van der Waals surface area contributed by atoms with Crippen LogP contribution in [0.15, 0.2) is 24.0 Å². The molecule has 0 aliphatic carbocycles. The fourth-order valence-corrected chi connectivity index (χ4v) is 4.19. The lowest BCUT2D eigenvalue weighted by molar-refractivity contribution is -0.151. The van der Waals surface area contributed by atoms with E-state index in [0.717, 1.165) is 12.8 Å². The summed E-state index contributed by atoms with van der Waals surface area (Å²) < 4.78 is 21.3. The molecule has 0 aromatic carbocycles. The van der Waals surface area contributed by atoms with Gasteiger partial charge in [0, 0.05) is 49.9 Å². The quantitative estimate of drug-likeness (QED) is 0.110. The SMILES string of the molecule is C=C(CC)C1C[C@@H]([C@H](C)NC(OC(=O)[C@@H](N)CSC)/C(=C\OCOC)CCOC(C)=O)N1C. The van der Waals surface area contributed by atoms with Crippen LogP contribution in [0.2, 0.25) is 0 Å². The van der Waals surface area contributed by atoms with Gasteiger partial charge in [-0.3, -0.25) is 19.8 Å². The van der Waals surface area contributed by atoms with Gasteiger partial charge in [0.05, 0.1) is 12.9 Å². The van der Waals surface area contributed by atoms with Crippen molar-refractivity contribution < 1.29 is 28.5 Å². The highest BCUT2D eigenvalue weighted by Crippen LogP contribution is 2.32. The van der Waals surface area contributed by atoms with E-state index >= 15 is 0 Å². The molecule has 1 saturated heterocycles. The third kappa shape index (κ3) is 9.66. The number of carbonyl (C=O) groups excluding carboxylic acids is 2. The Morgan fingerprint density at radius 3 is 2.64 bits per heavy atom. The van der Waals surface area contributed by atoms with Crippen molar-refractivity contribution in [3.05, 3.63) is 24.0 Å². The van der Waals surface area contributed by atoms with E-state index in [1.165, 1.54) is 37.6 Å². The highest BCUT2D eigenvalue weighted by Gasteiger charge is 2.40. The highest BCUT2D eigenvalue weighted by atomic mass is 32.2. The summed E-state index contributed by atoms with van der Waals surface area (Å²) in [5, 5.41) is 3.41. The molecule has 1 fully saturated rings. The molecule has 1 heterocycles. The van der Waals surface area contributed by atoms with E-state index < -0.39 is 18.2 Å². The van der Waals surface area contributed by atoms with E-state index in [4.69, 9.17) is 24.7 Å². The Morgan fingerprint density at radius 1 is 1.39 bits per heavy atom. The molecule has 0 aromatic rings. The number of rotatable bonds is 16. The molecule has 0 aromatic heterocycles. The summed E-state index contributed by atoms with van der Waals surface area (Å²) >= 11 is 1.47. The molecule has 0 bridgehead atoms. The van der Waals surface area contributed by atoms with E-state index in [1.807, 2.05) is 6.26 Å². The maximum Gasteiger partial charge on any atom is 0.325 e. The summed E-state index contributed by atoms with van der Waals surface area (Å²) in [4.78, 5) is 26.2. The van der Waals surface area contributed by atoms with Gasteiger partial charge in [0.15, 0.2) is 13.0 Å². The number of thioether (sulfide) groups is 1. The van der Waals surface area contributed by atoms with Gasteiger partial charge in [-0.15, -0.1) is 0 Å². The Hall–Kier alpha value is -1.59. The Bertz CT molecular complexity index is 675. The van der Waals surface area contributed by atoms with Crippen LogP contribution in [0.1, 0.15) is 40.0 Å².